The van der Waals surface area contributed by atoms with Crippen LogP contribution in [0, 0.1) is 16.7 Å². The number of hydrogen-bond donors (Lipinski definition) is 0. The summed E-state index contributed by atoms with van der Waals surface area (Å²) in [5.74, 6) is 0.464. The van der Waals surface area contributed by atoms with E-state index in [1.54, 1.807) is 45.0 Å². The summed E-state index contributed by atoms with van der Waals surface area (Å²) in [4.78, 5) is 12.1. The van der Waals surface area contributed by atoms with Crippen LogP contribution in [0.5, 0.6) is 11.5 Å². The van der Waals surface area contributed by atoms with Crippen molar-refractivity contribution < 1.29 is 14.3 Å². The Morgan fingerprint density at radius 1 is 1.08 bits per heavy atom. The van der Waals surface area contributed by atoms with Gasteiger partial charge in [-0.1, -0.05) is 36.4 Å². The Bertz CT molecular complexity index is 824. The zero-order chi connectivity index (χ0) is 18.4. The van der Waals surface area contributed by atoms with E-state index in [2.05, 4.69) is 6.07 Å². The van der Waals surface area contributed by atoms with E-state index < -0.39 is 5.41 Å². The third-order valence-corrected chi connectivity index (χ3v) is 3.52. The molecule has 0 radical (unpaired) electrons. The van der Waals surface area contributed by atoms with Gasteiger partial charge in [0, 0.05) is 0 Å². The Kier molecular flexibility index (Phi) is 5.61. The predicted molar refractivity (Wildman–Crippen MR) is 98.0 cm³/mol. The van der Waals surface area contributed by atoms with Crippen LogP contribution in [0.2, 0.25) is 0 Å². The number of esters is 1. The number of benzene rings is 2. The van der Waals surface area contributed by atoms with Crippen molar-refractivity contribution >= 4 is 17.6 Å². The van der Waals surface area contributed by atoms with Gasteiger partial charge in [-0.3, -0.25) is 4.79 Å². The van der Waals surface area contributed by atoms with Crippen molar-refractivity contribution in [2.24, 2.45) is 5.41 Å². The molecule has 0 amide bonds. The van der Waals surface area contributed by atoms with E-state index in [1.165, 1.54) is 7.11 Å². The van der Waals surface area contributed by atoms with Crippen LogP contribution in [0.1, 0.15) is 31.9 Å². The summed E-state index contributed by atoms with van der Waals surface area (Å²) in [6, 6.07) is 16.8. The number of nitriles is 1. The van der Waals surface area contributed by atoms with Gasteiger partial charge in [-0.2, -0.15) is 5.26 Å². The quantitative estimate of drug-likeness (QED) is 0.351. The monoisotopic (exact) mass is 335 g/mol. The number of carbonyl (C=O) groups excluding carboxylic acids is 1. The molecular weight excluding hydrogens is 314 g/mol. The van der Waals surface area contributed by atoms with Crippen molar-refractivity contribution in [3.8, 4) is 17.6 Å². The molecular formula is C21H21NO3. The molecule has 4 nitrogen and oxygen atoms in total. The minimum atomic E-state index is -0.606. The fourth-order valence-electron chi connectivity index (χ4n) is 2.08. The van der Waals surface area contributed by atoms with Crippen LogP contribution < -0.4 is 9.47 Å². The number of rotatable bonds is 4. The van der Waals surface area contributed by atoms with Crippen molar-refractivity contribution in [2.75, 3.05) is 7.11 Å². The van der Waals surface area contributed by atoms with Crippen LogP contribution in [-0.2, 0) is 4.79 Å². The number of methoxy groups -OCH3 is 1. The van der Waals surface area contributed by atoms with Gasteiger partial charge in [-0.15, -0.1) is 0 Å². The van der Waals surface area contributed by atoms with Crippen molar-refractivity contribution in [3.63, 3.8) is 0 Å². The lowest BCUT2D eigenvalue weighted by molar-refractivity contribution is -0.143. The van der Waals surface area contributed by atoms with Crippen LogP contribution in [-0.4, -0.2) is 13.1 Å². The second-order valence-electron chi connectivity index (χ2n) is 6.59. The summed E-state index contributed by atoms with van der Waals surface area (Å²) in [5.41, 5.74) is 1.56. The smallest absolute Gasteiger partial charge is 0.316 e. The van der Waals surface area contributed by atoms with Gasteiger partial charge >= 0.3 is 5.97 Å². The highest BCUT2D eigenvalue weighted by molar-refractivity contribution is 5.90. The van der Waals surface area contributed by atoms with E-state index in [-0.39, 0.29) is 5.97 Å². The second-order valence-corrected chi connectivity index (χ2v) is 6.59. The van der Waals surface area contributed by atoms with E-state index in [1.807, 2.05) is 30.3 Å². The molecule has 2 aromatic rings. The molecule has 0 aliphatic carbocycles. The third kappa shape index (κ3) is 4.71. The summed E-state index contributed by atoms with van der Waals surface area (Å²) < 4.78 is 10.8. The second kappa shape index (κ2) is 7.67. The molecule has 0 aliphatic heterocycles. The number of ether oxygens (including phenoxy) is 2. The van der Waals surface area contributed by atoms with Crippen LogP contribution in [0.15, 0.2) is 48.5 Å². The highest BCUT2D eigenvalue weighted by Crippen LogP contribution is 2.31. The first kappa shape index (κ1) is 18.3. The maximum Gasteiger partial charge on any atom is 0.316 e. The largest absolute Gasteiger partial charge is 0.493 e. The average molecular weight is 335 g/mol. The van der Waals surface area contributed by atoms with Crippen molar-refractivity contribution in [1.29, 1.82) is 5.26 Å². The fraction of sp³-hybridized carbons (Fsp3) is 0.238. The molecule has 2 aromatic carbocycles. The number of hydrogen-bond acceptors (Lipinski definition) is 4. The molecule has 0 saturated heterocycles. The summed E-state index contributed by atoms with van der Waals surface area (Å²) in [6.45, 7) is 5.37. The van der Waals surface area contributed by atoms with Gasteiger partial charge in [0.25, 0.3) is 0 Å². The van der Waals surface area contributed by atoms with E-state index in [4.69, 9.17) is 9.47 Å². The summed E-state index contributed by atoms with van der Waals surface area (Å²) >= 11 is 0. The molecule has 0 heterocycles. The molecule has 2 rings (SSSR count). The fourth-order valence-corrected chi connectivity index (χ4v) is 2.08. The maximum atomic E-state index is 12.1. The van der Waals surface area contributed by atoms with Crippen LogP contribution in [0.25, 0.3) is 11.6 Å². The molecule has 0 aliphatic rings. The molecule has 0 aromatic heterocycles. The SMILES string of the molecule is COc1cc(/C=C(/C#N)c2ccccc2)ccc1OC(=O)C(C)(C)C. The molecule has 0 saturated carbocycles. The standard InChI is InChI=1S/C21H21NO3/c1-21(2,3)20(23)25-18-11-10-15(13-19(18)24-4)12-17(14-22)16-8-6-5-7-9-16/h5-13H,1-4H3/b17-12-. The highest BCUT2D eigenvalue weighted by atomic mass is 16.6. The van der Waals surface area contributed by atoms with Gasteiger partial charge < -0.3 is 9.47 Å². The lowest BCUT2D eigenvalue weighted by Crippen LogP contribution is -2.25. The van der Waals surface area contributed by atoms with Crippen molar-refractivity contribution in [3.05, 3.63) is 59.7 Å². The average Bonchev–Trinajstić information content (AvgIpc) is 2.60. The maximum absolute atomic E-state index is 12.1. The topological polar surface area (TPSA) is 59.3 Å². The Labute approximate surface area is 148 Å². The highest BCUT2D eigenvalue weighted by Gasteiger charge is 2.24. The van der Waals surface area contributed by atoms with Crippen LogP contribution in [0.4, 0.5) is 0 Å². The van der Waals surface area contributed by atoms with E-state index in [0.29, 0.717) is 17.1 Å². The zero-order valence-electron chi connectivity index (χ0n) is 14.9. The lowest BCUT2D eigenvalue weighted by atomic mass is 9.97. The minimum absolute atomic E-state index is 0.337. The molecule has 0 atom stereocenters. The summed E-state index contributed by atoms with van der Waals surface area (Å²) in [5, 5.41) is 9.41. The van der Waals surface area contributed by atoms with Crippen LogP contribution >= 0.6 is 0 Å². The van der Waals surface area contributed by atoms with Gasteiger partial charge in [-0.05, 0) is 50.1 Å². The van der Waals surface area contributed by atoms with Crippen molar-refractivity contribution in [1.82, 2.24) is 0 Å². The molecule has 0 spiro atoms. The van der Waals surface area contributed by atoms with E-state index in [0.717, 1.165) is 11.1 Å². The summed E-state index contributed by atoms with van der Waals surface area (Å²) in [7, 11) is 1.51. The Hall–Kier alpha value is -3.06. The number of carbonyl (C=O) groups is 1. The molecule has 0 unspecified atom stereocenters. The molecule has 25 heavy (non-hydrogen) atoms. The lowest BCUT2D eigenvalue weighted by Gasteiger charge is -2.17. The van der Waals surface area contributed by atoms with Crippen molar-refractivity contribution in [2.45, 2.75) is 20.8 Å². The molecule has 0 N–H and O–H groups in total. The van der Waals surface area contributed by atoms with Gasteiger partial charge in [-0.25, -0.2) is 0 Å². The normalized spacial score (nSPS) is 11.6. The van der Waals surface area contributed by atoms with Gasteiger partial charge in [0.15, 0.2) is 11.5 Å². The number of allylic oxidation sites excluding steroid dienone is 1. The Balaban J connectivity index is 2.34. The van der Waals surface area contributed by atoms with E-state index in [9.17, 15) is 10.1 Å². The third-order valence-electron chi connectivity index (χ3n) is 3.52. The molecule has 0 fully saturated rings. The number of nitrogens with zero attached hydrogens (tertiary/aromatic N) is 1. The molecule has 0 bridgehead atoms. The first-order valence-corrected chi connectivity index (χ1v) is 7.92. The van der Waals surface area contributed by atoms with Gasteiger partial charge in [0.1, 0.15) is 0 Å². The van der Waals surface area contributed by atoms with Gasteiger partial charge in [0.05, 0.1) is 24.2 Å². The Morgan fingerprint density at radius 2 is 1.76 bits per heavy atom. The van der Waals surface area contributed by atoms with E-state index >= 15 is 0 Å². The first-order chi connectivity index (χ1) is 11.8. The predicted octanol–water partition coefficient (Wildman–Crippen LogP) is 4.71. The molecule has 128 valence electrons. The first-order valence-electron chi connectivity index (χ1n) is 7.92. The van der Waals surface area contributed by atoms with Crippen LogP contribution in [0.3, 0.4) is 0 Å². The summed E-state index contributed by atoms with van der Waals surface area (Å²) in [6.07, 6.45) is 1.77. The zero-order valence-corrected chi connectivity index (χ0v) is 14.9. The minimum Gasteiger partial charge on any atom is -0.493 e. The van der Waals surface area contributed by atoms with Gasteiger partial charge in [0.2, 0.25) is 0 Å². The molecule has 4 heteroatoms. The Morgan fingerprint density at radius 3 is 2.32 bits per heavy atom.